The first-order chi connectivity index (χ1) is 11.2. The third kappa shape index (κ3) is 10.0. The Kier molecular flexibility index (Phi) is 13.8. The van der Waals surface area contributed by atoms with Crippen LogP contribution in [0.4, 0.5) is 5.69 Å². The molecule has 0 radical (unpaired) electrons. The van der Waals surface area contributed by atoms with Crippen molar-refractivity contribution < 1.29 is 4.79 Å². The van der Waals surface area contributed by atoms with Gasteiger partial charge in [0, 0.05) is 31.0 Å². The molecule has 1 rings (SSSR count). The summed E-state index contributed by atoms with van der Waals surface area (Å²) in [6.07, 6.45) is 3.49. The van der Waals surface area contributed by atoms with Crippen molar-refractivity contribution in [3.8, 4) is 0 Å². The topological polar surface area (TPSA) is 65.5 Å². The molecule has 0 saturated carbocycles. The fourth-order valence-electron chi connectivity index (χ4n) is 1.98. The van der Waals surface area contributed by atoms with Gasteiger partial charge >= 0.3 is 0 Å². The standard InChI is InChI=1S/C17H28N4OS.HI/c1-4-7-16(22)21-15-9-6-8-14(12-15)13-20-17(18-5-2)19-10-11-23-3;/h6,8-9,12H,4-5,7,10-11,13H2,1-3H3,(H,21,22)(H2,18,19,20);1H. The van der Waals surface area contributed by atoms with Crippen LogP contribution >= 0.6 is 35.7 Å². The summed E-state index contributed by atoms with van der Waals surface area (Å²) in [7, 11) is 0. The number of guanidine groups is 1. The molecule has 136 valence electrons. The lowest BCUT2D eigenvalue weighted by Crippen LogP contribution is -2.38. The lowest BCUT2D eigenvalue weighted by molar-refractivity contribution is -0.116. The van der Waals surface area contributed by atoms with Gasteiger partial charge < -0.3 is 16.0 Å². The molecule has 7 heteroatoms. The summed E-state index contributed by atoms with van der Waals surface area (Å²) >= 11 is 1.80. The van der Waals surface area contributed by atoms with Crippen molar-refractivity contribution in [3.63, 3.8) is 0 Å². The normalized spacial score (nSPS) is 10.7. The fourth-order valence-corrected chi connectivity index (χ4v) is 2.29. The zero-order valence-corrected chi connectivity index (χ0v) is 17.9. The second-order valence-corrected chi connectivity index (χ2v) is 6.10. The van der Waals surface area contributed by atoms with Crippen LogP contribution in [-0.2, 0) is 11.3 Å². The molecule has 0 atom stereocenters. The number of benzene rings is 1. The van der Waals surface area contributed by atoms with Gasteiger partial charge in [0.2, 0.25) is 5.91 Å². The third-order valence-electron chi connectivity index (χ3n) is 3.05. The highest BCUT2D eigenvalue weighted by atomic mass is 127. The average Bonchev–Trinajstić information content (AvgIpc) is 2.53. The first-order valence-corrected chi connectivity index (χ1v) is 9.48. The van der Waals surface area contributed by atoms with Crippen LogP contribution in [0.1, 0.15) is 32.3 Å². The Balaban J connectivity index is 0.00000529. The van der Waals surface area contributed by atoms with Crippen LogP contribution in [0.2, 0.25) is 0 Å². The number of rotatable bonds is 9. The Hall–Kier alpha value is -0.960. The van der Waals surface area contributed by atoms with Crippen molar-refractivity contribution in [3.05, 3.63) is 29.8 Å². The summed E-state index contributed by atoms with van der Waals surface area (Å²) in [5.74, 6) is 1.92. The molecule has 0 aliphatic carbocycles. The van der Waals surface area contributed by atoms with E-state index in [4.69, 9.17) is 0 Å². The van der Waals surface area contributed by atoms with Crippen LogP contribution in [-0.4, -0.2) is 37.0 Å². The molecule has 1 aromatic carbocycles. The van der Waals surface area contributed by atoms with Crippen LogP contribution < -0.4 is 16.0 Å². The zero-order chi connectivity index (χ0) is 16.9. The number of thioether (sulfide) groups is 1. The predicted molar refractivity (Wildman–Crippen MR) is 117 cm³/mol. The minimum atomic E-state index is 0. The lowest BCUT2D eigenvalue weighted by Gasteiger charge is -2.11. The first-order valence-electron chi connectivity index (χ1n) is 8.09. The monoisotopic (exact) mass is 464 g/mol. The molecule has 0 fully saturated rings. The van der Waals surface area contributed by atoms with Gasteiger partial charge in [-0.2, -0.15) is 11.8 Å². The second kappa shape index (κ2) is 14.4. The highest BCUT2D eigenvalue weighted by molar-refractivity contribution is 14.0. The van der Waals surface area contributed by atoms with E-state index in [1.165, 1.54) is 0 Å². The minimum Gasteiger partial charge on any atom is -0.357 e. The number of amides is 1. The summed E-state index contributed by atoms with van der Waals surface area (Å²) < 4.78 is 0. The molecule has 1 aromatic rings. The number of aliphatic imine (C=N–C) groups is 1. The molecule has 3 N–H and O–H groups in total. The number of hydrogen-bond acceptors (Lipinski definition) is 3. The van der Waals surface area contributed by atoms with Gasteiger partial charge in [-0.15, -0.1) is 24.0 Å². The maximum absolute atomic E-state index is 11.7. The van der Waals surface area contributed by atoms with Gasteiger partial charge in [0.1, 0.15) is 0 Å². The van der Waals surface area contributed by atoms with Crippen LogP contribution in [0, 0.1) is 0 Å². The van der Waals surface area contributed by atoms with Crippen LogP contribution in [0.15, 0.2) is 29.3 Å². The molecule has 5 nitrogen and oxygen atoms in total. The van der Waals surface area contributed by atoms with E-state index in [0.717, 1.165) is 42.5 Å². The Morgan fingerprint density at radius 3 is 2.71 bits per heavy atom. The summed E-state index contributed by atoms with van der Waals surface area (Å²) in [4.78, 5) is 16.2. The van der Waals surface area contributed by atoms with Gasteiger partial charge in [-0.05, 0) is 37.3 Å². The van der Waals surface area contributed by atoms with Crippen molar-refractivity contribution in [1.29, 1.82) is 0 Å². The molecule has 0 bridgehead atoms. The molecule has 1 amide bonds. The van der Waals surface area contributed by atoms with Crippen molar-refractivity contribution in [1.82, 2.24) is 10.6 Å². The molecular formula is C17H29IN4OS. The maximum atomic E-state index is 11.7. The van der Waals surface area contributed by atoms with E-state index in [1.54, 1.807) is 11.8 Å². The predicted octanol–water partition coefficient (Wildman–Crippen LogP) is 3.46. The van der Waals surface area contributed by atoms with Gasteiger partial charge in [0.15, 0.2) is 5.96 Å². The summed E-state index contributed by atoms with van der Waals surface area (Å²) in [5, 5.41) is 9.46. The maximum Gasteiger partial charge on any atom is 0.224 e. The van der Waals surface area contributed by atoms with Crippen molar-refractivity contribution in [2.75, 3.05) is 30.4 Å². The van der Waals surface area contributed by atoms with Gasteiger partial charge in [-0.25, -0.2) is 4.99 Å². The highest BCUT2D eigenvalue weighted by Crippen LogP contribution is 2.12. The van der Waals surface area contributed by atoms with Crippen LogP contribution in [0.5, 0.6) is 0 Å². The van der Waals surface area contributed by atoms with E-state index in [2.05, 4.69) is 34.1 Å². The number of anilines is 1. The van der Waals surface area contributed by atoms with Crippen molar-refractivity contribution in [2.45, 2.75) is 33.2 Å². The van der Waals surface area contributed by atoms with E-state index in [0.29, 0.717) is 13.0 Å². The fraction of sp³-hybridized carbons (Fsp3) is 0.529. The number of halogens is 1. The molecule has 0 heterocycles. The van der Waals surface area contributed by atoms with Gasteiger partial charge in [-0.3, -0.25) is 4.79 Å². The molecule has 0 aliphatic rings. The second-order valence-electron chi connectivity index (χ2n) is 5.11. The average molecular weight is 464 g/mol. The Bertz CT molecular complexity index is 511. The Morgan fingerprint density at radius 1 is 1.25 bits per heavy atom. The molecule has 0 unspecified atom stereocenters. The molecule has 0 aromatic heterocycles. The van der Waals surface area contributed by atoms with Gasteiger partial charge in [0.25, 0.3) is 0 Å². The molecule has 0 spiro atoms. The van der Waals surface area contributed by atoms with Crippen molar-refractivity contribution >= 4 is 53.3 Å². The molecule has 24 heavy (non-hydrogen) atoms. The lowest BCUT2D eigenvalue weighted by atomic mass is 10.2. The van der Waals surface area contributed by atoms with E-state index < -0.39 is 0 Å². The number of carbonyl (C=O) groups excluding carboxylic acids is 1. The smallest absolute Gasteiger partial charge is 0.224 e. The zero-order valence-electron chi connectivity index (χ0n) is 14.7. The largest absolute Gasteiger partial charge is 0.357 e. The van der Waals surface area contributed by atoms with Gasteiger partial charge in [-0.1, -0.05) is 19.1 Å². The van der Waals surface area contributed by atoms with Gasteiger partial charge in [0.05, 0.1) is 6.54 Å². The SMILES string of the molecule is CCCC(=O)Nc1cccc(CN=C(NCC)NCCSC)c1.I. The number of hydrogen-bond donors (Lipinski definition) is 3. The molecule has 0 aliphatic heterocycles. The van der Waals surface area contributed by atoms with Crippen molar-refractivity contribution in [2.24, 2.45) is 4.99 Å². The Morgan fingerprint density at radius 2 is 2.04 bits per heavy atom. The summed E-state index contributed by atoms with van der Waals surface area (Å²) in [6, 6.07) is 7.84. The number of carbonyl (C=O) groups is 1. The van der Waals surface area contributed by atoms with E-state index in [-0.39, 0.29) is 29.9 Å². The minimum absolute atomic E-state index is 0. The number of nitrogens with zero attached hydrogens (tertiary/aromatic N) is 1. The first kappa shape index (κ1) is 23.0. The van der Waals surface area contributed by atoms with Crippen LogP contribution in [0.25, 0.3) is 0 Å². The van der Waals surface area contributed by atoms with E-state index in [1.807, 2.05) is 31.2 Å². The number of nitrogens with one attached hydrogen (secondary N) is 3. The summed E-state index contributed by atoms with van der Waals surface area (Å²) in [6.45, 7) is 6.34. The molecule has 0 saturated heterocycles. The van der Waals surface area contributed by atoms with E-state index >= 15 is 0 Å². The highest BCUT2D eigenvalue weighted by Gasteiger charge is 2.02. The Labute approximate surface area is 166 Å². The quantitative estimate of drug-likeness (QED) is 0.227. The van der Waals surface area contributed by atoms with Crippen LogP contribution in [0.3, 0.4) is 0 Å². The van der Waals surface area contributed by atoms with E-state index in [9.17, 15) is 4.79 Å². The molecular weight excluding hydrogens is 435 g/mol. The third-order valence-corrected chi connectivity index (χ3v) is 3.66. The summed E-state index contributed by atoms with van der Waals surface area (Å²) in [5.41, 5.74) is 1.90.